The van der Waals surface area contributed by atoms with Crippen molar-refractivity contribution >= 4 is 45.0 Å². The molecule has 2 aromatic heterocycles. The number of aromatic nitrogens is 2. The minimum absolute atomic E-state index is 0.0264. The molecule has 0 spiro atoms. The Morgan fingerprint density at radius 1 is 1.41 bits per heavy atom. The third kappa shape index (κ3) is 3.65. The first-order valence-corrected chi connectivity index (χ1v) is 10.5. The van der Waals surface area contributed by atoms with Gasteiger partial charge in [0.1, 0.15) is 10.7 Å². The second-order valence-electron chi connectivity index (χ2n) is 6.25. The molecule has 0 bridgehead atoms. The molecular weight excluding hydrogens is 382 g/mol. The Hall–Kier alpha value is -2.16. The first-order chi connectivity index (χ1) is 13.2. The summed E-state index contributed by atoms with van der Waals surface area (Å²) in [7, 11) is 1.68. The van der Waals surface area contributed by atoms with Crippen LogP contribution in [0.2, 0.25) is 0 Å². The summed E-state index contributed by atoms with van der Waals surface area (Å²) in [5, 5.41) is 6.47. The first-order valence-electron chi connectivity index (χ1n) is 8.68. The van der Waals surface area contributed by atoms with Gasteiger partial charge in [0, 0.05) is 35.7 Å². The molecule has 0 aliphatic carbocycles. The maximum absolute atomic E-state index is 12.5. The Kier molecular flexibility index (Phi) is 5.29. The quantitative estimate of drug-likeness (QED) is 0.687. The molecule has 1 aliphatic heterocycles. The number of methoxy groups -OCH3 is 1. The van der Waals surface area contributed by atoms with Gasteiger partial charge in [-0.25, -0.2) is 4.98 Å². The number of para-hydroxylation sites is 1. The molecule has 0 saturated carbocycles. The van der Waals surface area contributed by atoms with Crippen molar-refractivity contribution in [1.29, 1.82) is 0 Å². The highest BCUT2D eigenvalue weighted by Gasteiger charge is 2.28. The second-order valence-corrected chi connectivity index (χ2v) is 8.21. The molecule has 3 aromatic rings. The van der Waals surface area contributed by atoms with Crippen molar-refractivity contribution in [3.8, 4) is 10.7 Å². The van der Waals surface area contributed by atoms with E-state index >= 15 is 0 Å². The zero-order chi connectivity index (χ0) is 18.8. The van der Waals surface area contributed by atoms with Crippen LogP contribution in [0, 0.1) is 0 Å². The molecule has 1 fully saturated rings. The zero-order valence-electron chi connectivity index (χ0n) is 14.8. The van der Waals surface area contributed by atoms with E-state index in [9.17, 15) is 9.59 Å². The van der Waals surface area contributed by atoms with E-state index in [1.165, 1.54) is 23.1 Å². The summed E-state index contributed by atoms with van der Waals surface area (Å²) in [4.78, 5) is 28.7. The number of thioether (sulfide) groups is 1. The van der Waals surface area contributed by atoms with Crippen molar-refractivity contribution in [3.05, 3.63) is 41.4 Å². The number of nitrogens with zero attached hydrogens (tertiary/aromatic N) is 2. The Balaban J connectivity index is 1.62. The molecule has 1 aliphatic rings. The molecule has 0 radical (unpaired) electrons. The average Bonchev–Trinajstić information content (AvgIpc) is 3.39. The van der Waals surface area contributed by atoms with Gasteiger partial charge < -0.3 is 14.6 Å². The highest BCUT2D eigenvalue weighted by atomic mass is 32.2. The van der Waals surface area contributed by atoms with Gasteiger partial charge in [0.05, 0.1) is 18.3 Å². The highest BCUT2D eigenvalue weighted by Crippen LogP contribution is 2.30. The molecule has 1 saturated heterocycles. The number of fused-ring (bicyclic) bond motifs is 1. The molecule has 1 N–H and O–H groups in total. The van der Waals surface area contributed by atoms with Crippen LogP contribution in [-0.4, -0.2) is 46.1 Å². The fraction of sp³-hybridized carbons (Fsp3) is 0.316. The normalized spacial score (nSPS) is 16.9. The molecule has 1 aromatic carbocycles. The third-order valence-electron chi connectivity index (χ3n) is 4.53. The summed E-state index contributed by atoms with van der Waals surface area (Å²) in [6.07, 6.45) is 0.678. The number of rotatable bonds is 6. The molecule has 8 heteroatoms. The number of carbonyl (C=O) groups excluding carboxylic acids is 2. The monoisotopic (exact) mass is 401 g/mol. The molecule has 3 heterocycles. The predicted octanol–water partition coefficient (Wildman–Crippen LogP) is 3.17. The SMILES string of the molecule is COCCn1c(-c2nc(C(=O)NC3CCSC3=O)cs2)cc2ccccc21. The van der Waals surface area contributed by atoms with Crippen LogP contribution in [0.3, 0.4) is 0 Å². The van der Waals surface area contributed by atoms with Gasteiger partial charge in [-0.3, -0.25) is 9.59 Å². The smallest absolute Gasteiger partial charge is 0.271 e. The fourth-order valence-corrected chi connectivity index (χ4v) is 4.92. The number of ether oxygens (including phenoxy) is 1. The standard InChI is InChI=1S/C19H19N3O3S2/c1-25-8-7-22-15-5-3-2-4-12(15)10-16(22)18-21-14(11-27-18)17(23)20-13-6-9-26-19(13)24/h2-5,10-11,13H,6-9H2,1H3,(H,20,23). The van der Waals surface area contributed by atoms with Crippen LogP contribution in [-0.2, 0) is 16.1 Å². The molecule has 1 unspecified atom stereocenters. The molecule has 1 amide bonds. The van der Waals surface area contributed by atoms with Crippen LogP contribution >= 0.6 is 23.1 Å². The number of benzene rings is 1. The van der Waals surface area contributed by atoms with Crippen LogP contribution in [0.5, 0.6) is 0 Å². The van der Waals surface area contributed by atoms with E-state index in [1.54, 1.807) is 12.5 Å². The van der Waals surface area contributed by atoms with Gasteiger partial charge >= 0.3 is 0 Å². The topological polar surface area (TPSA) is 73.2 Å². The average molecular weight is 402 g/mol. The summed E-state index contributed by atoms with van der Waals surface area (Å²) in [6.45, 7) is 1.29. The number of thiazole rings is 1. The van der Waals surface area contributed by atoms with Gasteiger partial charge in [0.2, 0.25) is 5.12 Å². The predicted molar refractivity (Wildman–Crippen MR) is 108 cm³/mol. The van der Waals surface area contributed by atoms with E-state index in [1.807, 2.05) is 12.1 Å². The summed E-state index contributed by atoms with van der Waals surface area (Å²) in [5.74, 6) is 0.462. The van der Waals surface area contributed by atoms with Crippen LogP contribution in [0.4, 0.5) is 0 Å². The van der Waals surface area contributed by atoms with E-state index in [-0.39, 0.29) is 11.0 Å². The molecular formula is C19H19N3O3S2. The number of hydrogen-bond donors (Lipinski definition) is 1. The highest BCUT2D eigenvalue weighted by molar-refractivity contribution is 8.14. The number of nitrogens with one attached hydrogen (secondary N) is 1. The van der Waals surface area contributed by atoms with E-state index in [2.05, 4.69) is 33.1 Å². The van der Waals surface area contributed by atoms with Crippen molar-refractivity contribution in [2.75, 3.05) is 19.5 Å². The summed E-state index contributed by atoms with van der Waals surface area (Å²) >= 11 is 2.70. The molecule has 6 nitrogen and oxygen atoms in total. The van der Waals surface area contributed by atoms with Crippen molar-refractivity contribution in [2.24, 2.45) is 0 Å². The lowest BCUT2D eigenvalue weighted by molar-refractivity contribution is -0.112. The summed E-state index contributed by atoms with van der Waals surface area (Å²) in [5.41, 5.74) is 2.42. The molecule has 27 heavy (non-hydrogen) atoms. The number of carbonyl (C=O) groups is 2. The minimum Gasteiger partial charge on any atom is -0.383 e. The Labute approximate surface area is 164 Å². The van der Waals surface area contributed by atoms with Crippen molar-refractivity contribution in [2.45, 2.75) is 19.0 Å². The Bertz CT molecular complexity index is 995. The largest absolute Gasteiger partial charge is 0.383 e. The van der Waals surface area contributed by atoms with E-state index in [0.717, 1.165) is 27.4 Å². The third-order valence-corrected chi connectivity index (χ3v) is 6.40. The lowest BCUT2D eigenvalue weighted by Crippen LogP contribution is -2.37. The number of hydrogen-bond acceptors (Lipinski definition) is 6. The summed E-state index contributed by atoms with van der Waals surface area (Å²) in [6, 6.07) is 9.83. The summed E-state index contributed by atoms with van der Waals surface area (Å²) < 4.78 is 7.41. The Morgan fingerprint density at radius 3 is 3.04 bits per heavy atom. The first kappa shape index (κ1) is 18.2. The van der Waals surface area contributed by atoms with Crippen molar-refractivity contribution in [3.63, 3.8) is 0 Å². The minimum atomic E-state index is -0.402. The number of amides is 1. The lowest BCUT2D eigenvalue weighted by Gasteiger charge is -2.09. The van der Waals surface area contributed by atoms with Crippen LogP contribution < -0.4 is 5.32 Å². The maximum Gasteiger partial charge on any atom is 0.271 e. The zero-order valence-corrected chi connectivity index (χ0v) is 16.4. The van der Waals surface area contributed by atoms with Crippen LogP contribution in [0.15, 0.2) is 35.7 Å². The van der Waals surface area contributed by atoms with Gasteiger partial charge in [-0.1, -0.05) is 30.0 Å². The van der Waals surface area contributed by atoms with Gasteiger partial charge in [-0.05, 0) is 18.6 Å². The maximum atomic E-state index is 12.5. The Morgan fingerprint density at radius 2 is 2.26 bits per heavy atom. The second kappa shape index (κ2) is 7.84. The van der Waals surface area contributed by atoms with Crippen LogP contribution in [0.25, 0.3) is 21.6 Å². The van der Waals surface area contributed by atoms with Gasteiger partial charge in [-0.15, -0.1) is 11.3 Å². The van der Waals surface area contributed by atoms with Gasteiger partial charge in [0.15, 0.2) is 0 Å². The van der Waals surface area contributed by atoms with Crippen molar-refractivity contribution in [1.82, 2.24) is 14.9 Å². The molecule has 140 valence electrons. The van der Waals surface area contributed by atoms with Crippen molar-refractivity contribution < 1.29 is 14.3 Å². The van der Waals surface area contributed by atoms with Crippen LogP contribution in [0.1, 0.15) is 16.9 Å². The molecule has 1 atom stereocenters. The molecule has 4 rings (SSSR count). The van der Waals surface area contributed by atoms with Gasteiger partial charge in [0.25, 0.3) is 5.91 Å². The van der Waals surface area contributed by atoms with E-state index in [4.69, 9.17) is 4.74 Å². The van der Waals surface area contributed by atoms with Gasteiger partial charge in [-0.2, -0.15) is 0 Å². The van der Waals surface area contributed by atoms with E-state index < -0.39 is 6.04 Å². The fourth-order valence-electron chi connectivity index (χ4n) is 3.17. The van der Waals surface area contributed by atoms with E-state index in [0.29, 0.717) is 25.3 Å². The lowest BCUT2D eigenvalue weighted by atomic mass is 10.2.